The van der Waals surface area contributed by atoms with E-state index in [1.54, 1.807) is 17.1 Å². The van der Waals surface area contributed by atoms with Crippen LogP contribution in [0.15, 0.2) is 61.0 Å². The van der Waals surface area contributed by atoms with Crippen LogP contribution in [0.5, 0.6) is 5.75 Å². The van der Waals surface area contributed by atoms with E-state index >= 15 is 8.78 Å². The fourth-order valence-corrected chi connectivity index (χ4v) is 6.31. The number of allylic oxidation sites excluding steroid dienone is 3. The third-order valence-electron chi connectivity index (χ3n) is 7.25. The highest BCUT2D eigenvalue weighted by Crippen LogP contribution is 2.47. The number of anilines is 3. The van der Waals surface area contributed by atoms with Crippen LogP contribution in [0.4, 0.5) is 30.6 Å². The van der Waals surface area contributed by atoms with E-state index < -0.39 is 29.3 Å². The molecule has 9 nitrogen and oxygen atoms in total. The van der Waals surface area contributed by atoms with Crippen molar-refractivity contribution in [2.45, 2.75) is 25.8 Å². The number of carbonyl (C=O) groups is 3. The molecule has 2 aromatic heterocycles. The van der Waals surface area contributed by atoms with Crippen LogP contribution in [-0.2, 0) is 4.79 Å². The molecule has 3 aromatic rings. The summed E-state index contributed by atoms with van der Waals surface area (Å²) in [6.45, 7) is 6.33. The highest BCUT2D eigenvalue weighted by molar-refractivity contribution is 7.21. The lowest BCUT2D eigenvalue weighted by Gasteiger charge is -2.32. The maximum Gasteiger partial charge on any atom is 0.331 e. The van der Waals surface area contributed by atoms with Crippen molar-refractivity contribution in [2.75, 3.05) is 23.3 Å². The number of benzene rings is 1. The fraction of sp³-hybridized carbons (Fsp3) is 0.241. The zero-order chi connectivity index (χ0) is 28.8. The minimum Gasteiger partial charge on any atom is -0.461 e. The van der Waals surface area contributed by atoms with Crippen LogP contribution in [0.25, 0.3) is 10.2 Å². The van der Waals surface area contributed by atoms with E-state index in [1.807, 2.05) is 13.0 Å². The number of rotatable bonds is 6. The molecule has 0 saturated carbocycles. The summed E-state index contributed by atoms with van der Waals surface area (Å²) in [6, 6.07) is 2.41. The molecular weight excluding hydrogens is 552 g/mol. The first-order chi connectivity index (χ1) is 19.7. The van der Waals surface area contributed by atoms with Crippen molar-refractivity contribution in [2.24, 2.45) is 5.92 Å². The summed E-state index contributed by atoms with van der Waals surface area (Å²) in [5, 5.41) is 5.98. The van der Waals surface area contributed by atoms with Crippen molar-refractivity contribution in [3.63, 3.8) is 0 Å². The van der Waals surface area contributed by atoms with Crippen LogP contribution in [0.3, 0.4) is 0 Å². The average Bonchev–Trinajstić information content (AvgIpc) is 3.53. The number of nitrogens with zero attached hydrogens (tertiary/aromatic N) is 3. The highest BCUT2D eigenvalue weighted by Gasteiger charge is 2.36. The van der Waals surface area contributed by atoms with Gasteiger partial charge in [0, 0.05) is 43.4 Å². The van der Waals surface area contributed by atoms with Crippen molar-refractivity contribution in [1.82, 2.24) is 15.2 Å². The zero-order valence-corrected chi connectivity index (χ0v) is 22.8. The molecule has 210 valence electrons. The van der Waals surface area contributed by atoms with Crippen LogP contribution in [0.1, 0.15) is 29.4 Å². The lowest BCUT2D eigenvalue weighted by atomic mass is 10.1. The minimum atomic E-state index is -0.994. The Kier molecular flexibility index (Phi) is 6.78. The maximum absolute atomic E-state index is 15.4. The second-order valence-corrected chi connectivity index (χ2v) is 11.0. The monoisotopic (exact) mass is 577 g/mol. The standard InChI is InChI=1S/C29H25F2N5O4S/c1-3-22(37)35-11-5-7-16(14-35)33-27(38)26-24-23-20(9-10-32-28(23)41-26)36(29(39)34-24)25-18(30)12-17(13-19(25)31)40-21-8-4-6-15(21)2/h3-4,6,8-10,12-13,15-16H,1,5,7,11,14H2,2H3,(H,33,38)(H,34,39). The topological polar surface area (TPSA) is 104 Å². The molecule has 3 aliphatic rings. The molecule has 12 heteroatoms. The number of amides is 4. The summed E-state index contributed by atoms with van der Waals surface area (Å²) in [5.74, 6) is -2.15. The number of halogens is 2. The number of pyridine rings is 1. The Morgan fingerprint density at radius 3 is 2.78 bits per heavy atom. The molecule has 1 aliphatic carbocycles. The number of urea groups is 1. The summed E-state index contributed by atoms with van der Waals surface area (Å²) in [4.78, 5) is 46.2. The molecule has 1 fully saturated rings. The molecule has 4 amide bonds. The van der Waals surface area contributed by atoms with Gasteiger partial charge in [-0.2, -0.15) is 0 Å². The van der Waals surface area contributed by atoms with Crippen molar-refractivity contribution >= 4 is 56.5 Å². The molecule has 1 aromatic carbocycles. The molecule has 2 unspecified atom stereocenters. The van der Waals surface area contributed by atoms with E-state index in [-0.39, 0.29) is 39.9 Å². The maximum atomic E-state index is 15.4. The van der Waals surface area contributed by atoms with Gasteiger partial charge >= 0.3 is 6.03 Å². The van der Waals surface area contributed by atoms with Gasteiger partial charge in [-0.25, -0.2) is 18.6 Å². The number of hydrogen-bond donors (Lipinski definition) is 2. The van der Waals surface area contributed by atoms with Gasteiger partial charge in [0.25, 0.3) is 5.91 Å². The molecule has 6 rings (SSSR count). The van der Waals surface area contributed by atoms with E-state index in [4.69, 9.17) is 4.74 Å². The Balaban J connectivity index is 1.31. The van der Waals surface area contributed by atoms with Gasteiger partial charge in [-0.05, 0) is 31.1 Å². The van der Waals surface area contributed by atoms with Gasteiger partial charge in [0.15, 0.2) is 11.6 Å². The van der Waals surface area contributed by atoms with Gasteiger partial charge < -0.3 is 20.3 Å². The predicted molar refractivity (Wildman–Crippen MR) is 151 cm³/mol. The number of ether oxygens (including phenoxy) is 1. The van der Waals surface area contributed by atoms with Gasteiger partial charge in [0.1, 0.15) is 26.9 Å². The first-order valence-electron chi connectivity index (χ1n) is 13.0. The summed E-state index contributed by atoms with van der Waals surface area (Å²) in [7, 11) is 0. The highest BCUT2D eigenvalue weighted by atomic mass is 32.1. The summed E-state index contributed by atoms with van der Waals surface area (Å²) in [5.41, 5.74) is -0.171. The quantitative estimate of drug-likeness (QED) is 0.370. The Hall–Kier alpha value is -4.58. The largest absolute Gasteiger partial charge is 0.461 e. The number of likely N-dealkylation sites (tertiary alicyclic amines) is 1. The van der Waals surface area contributed by atoms with Gasteiger partial charge in [-0.3, -0.25) is 14.5 Å². The third kappa shape index (κ3) is 4.73. The Morgan fingerprint density at radius 2 is 2.07 bits per heavy atom. The first-order valence-corrected chi connectivity index (χ1v) is 13.9. The molecule has 0 spiro atoms. The number of nitrogens with one attached hydrogen (secondary N) is 2. The molecule has 0 radical (unpaired) electrons. The predicted octanol–water partition coefficient (Wildman–Crippen LogP) is 5.63. The number of hydrogen-bond acceptors (Lipinski definition) is 6. The van der Waals surface area contributed by atoms with E-state index in [2.05, 4.69) is 22.2 Å². The molecule has 1 saturated heterocycles. The van der Waals surface area contributed by atoms with Crippen molar-refractivity contribution in [3.05, 3.63) is 77.5 Å². The van der Waals surface area contributed by atoms with Crippen molar-refractivity contribution < 1.29 is 27.9 Å². The summed E-state index contributed by atoms with van der Waals surface area (Å²) in [6.07, 6.45) is 9.47. The molecule has 2 aliphatic heterocycles. The Bertz CT molecular complexity index is 1660. The summed E-state index contributed by atoms with van der Waals surface area (Å²) >= 11 is 1.06. The van der Waals surface area contributed by atoms with Crippen LogP contribution in [0, 0.1) is 17.6 Å². The molecule has 2 atom stereocenters. The van der Waals surface area contributed by atoms with E-state index in [0.717, 1.165) is 34.8 Å². The smallest absolute Gasteiger partial charge is 0.331 e. The van der Waals surface area contributed by atoms with E-state index in [9.17, 15) is 14.4 Å². The molecular formula is C29H25F2N5O4S. The second kappa shape index (κ2) is 10.4. The Labute approximate surface area is 237 Å². The molecule has 2 N–H and O–H groups in total. The number of aromatic nitrogens is 1. The van der Waals surface area contributed by atoms with Crippen LogP contribution < -0.4 is 20.3 Å². The molecule has 4 heterocycles. The van der Waals surface area contributed by atoms with Crippen LogP contribution in [0.2, 0.25) is 0 Å². The molecule has 41 heavy (non-hydrogen) atoms. The first kappa shape index (κ1) is 26.6. The van der Waals surface area contributed by atoms with Crippen LogP contribution >= 0.6 is 11.3 Å². The number of piperidine rings is 1. The average molecular weight is 578 g/mol. The van der Waals surface area contributed by atoms with Crippen LogP contribution in [-0.4, -0.2) is 46.9 Å². The van der Waals surface area contributed by atoms with Gasteiger partial charge in [-0.15, -0.1) is 11.3 Å². The van der Waals surface area contributed by atoms with Gasteiger partial charge in [0.2, 0.25) is 5.91 Å². The lowest BCUT2D eigenvalue weighted by Crippen LogP contribution is -2.49. The summed E-state index contributed by atoms with van der Waals surface area (Å²) < 4.78 is 36.5. The minimum absolute atomic E-state index is 0.0332. The third-order valence-corrected chi connectivity index (χ3v) is 8.35. The SMILES string of the molecule is C=CC(=O)N1CCCC(NC(=O)c2sc3nccc4c3c2NC(=O)N4c2c(F)cc(OC3=CC=CC3C)cc2F)C1. The molecule has 0 bridgehead atoms. The zero-order valence-electron chi connectivity index (χ0n) is 21.9. The van der Waals surface area contributed by atoms with E-state index in [0.29, 0.717) is 35.5 Å². The second-order valence-electron chi connectivity index (χ2n) is 9.96. The van der Waals surface area contributed by atoms with Gasteiger partial charge in [0.05, 0.1) is 16.8 Å². The Morgan fingerprint density at radius 1 is 1.29 bits per heavy atom. The number of carbonyl (C=O) groups excluding carboxylic acids is 3. The van der Waals surface area contributed by atoms with Gasteiger partial charge in [-0.1, -0.05) is 25.7 Å². The van der Waals surface area contributed by atoms with Crippen molar-refractivity contribution in [1.29, 1.82) is 0 Å². The number of thiophene rings is 1. The van der Waals surface area contributed by atoms with E-state index in [1.165, 1.54) is 18.3 Å². The lowest BCUT2D eigenvalue weighted by molar-refractivity contribution is -0.127. The normalized spacial score (nSPS) is 19.7. The van der Waals surface area contributed by atoms with Crippen molar-refractivity contribution in [3.8, 4) is 5.75 Å². The fourth-order valence-electron chi connectivity index (χ4n) is 5.28.